The number of carbonyl (C=O) groups is 3. The van der Waals surface area contributed by atoms with Crippen molar-refractivity contribution >= 4 is 17.8 Å². The van der Waals surface area contributed by atoms with E-state index in [0.29, 0.717) is 0 Å². The predicted octanol–water partition coefficient (Wildman–Crippen LogP) is 0.0370. The van der Waals surface area contributed by atoms with E-state index in [9.17, 15) is 19.5 Å². The van der Waals surface area contributed by atoms with Crippen molar-refractivity contribution in [1.82, 2.24) is 5.32 Å². The minimum Gasteiger partial charge on any atom is -0.480 e. The molecule has 108 valence electrons. The maximum Gasteiger partial charge on any atom is 0.337 e. The number of carbonyl (C=O) groups excluding carboxylic acids is 2. The third-order valence-electron chi connectivity index (χ3n) is 2.58. The summed E-state index contributed by atoms with van der Waals surface area (Å²) in [6, 6.07) is 4.21. The number of aliphatic hydroxyl groups excluding tert-OH is 1. The van der Waals surface area contributed by atoms with Crippen LogP contribution in [0.1, 0.15) is 27.6 Å². The van der Waals surface area contributed by atoms with Gasteiger partial charge in [-0.3, -0.25) is 4.79 Å². The van der Waals surface area contributed by atoms with Crippen LogP contribution in [0.2, 0.25) is 0 Å². The van der Waals surface area contributed by atoms with Crippen molar-refractivity contribution in [2.75, 3.05) is 7.11 Å². The molecule has 0 aliphatic rings. The fourth-order valence-electron chi connectivity index (χ4n) is 1.52. The molecule has 0 heterocycles. The van der Waals surface area contributed by atoms with Crippen molar-refractivity contribution in [1.29, 1.82) is 0 Å². The summed E-state index contributed by atoms with van der Waals surface area (Å²) in [5, 5.41) is 20.3. The Morgan fingerprint density at radius 2 is 1.85 bits per heavy atom. The number of esters is 1. The Morgan fingerprint density at radius 1 is 1.25 bits per heavy atom. The predicted molar refractivity (Wildman–Crippen MR) is 68.4 cm³/mol. The van der Waals surface area contributed by atoms with Gasteiger partial charge in [-0.15, -0.1) is 0 Å². The third kappa shape index (κ3) is 3.79. The summed E-state index contributed by atoms with van der Waals surface area (Å²) in [4.78, 5) is 34.1. The molecule has 2 unspecified atom stereocenters. The van der Waals surface area contributed by atoms with E-state index in [4.69, 9.17) is 5.11 Å². The van der Waals surface area contributed by atoms with Crippen molar-refractivity contribution in [3.63, 3.8) is 0 Å². The molecule has 1 amide bonds. The number of ether oxygens (including phenoxy) is 1. The van der Waals surface area contributed by atoms with Crippen molar-refractivity contribution in [3.05, 3.63) is 35.4 Å². The topological polar surface area (TPSA) is 113 Å². The van der Waals surface area contributed by atoms with Crippen LogP contribution in [0.25, 0.3) is 0 Å². The molecule has 0 aromatic heterocycles. The maximum atomic E-state index is 11.9. The first kappa shape index (κ1) is 15.6. The highest BCUT2D eigenvalue weighted by molar-refractivity contribution is 5.99. The van der Waals surface area contributed by atoms with Gasteiger partial charge in [0.25, 0.3) is 5.91 Å². The third-order valence-corrected chi connectivity index (χ3v) is 2.58. The molecule has 0 spiro atoms. The molecule has 0 fully saturated rings. The minimum absolute atomic E-state index is 0.0970. The molecular formula is C13H15NO6. The van der Waals surface area contributed by atoms with Gasteiger partial charge in [-0.25, -0.2) is 9.59 Å². The molecule has 1 rings (SSSR count). The van der Waals surface area contributed by atoms with Crippen molar-refractivity contribution in [2.45, 2.75) is 19.1 Å². The zero-order valence-corrected chi connectivity index (χ0v) is 11.0. The first-order chi connectivity index (χ1) is 9.36. The van der Waals surface area contributed by atoms with Gasteiger partial charge >= 0.3 is 11.9 Å². The van der Waals surface area contributed by atoms with E-state index in [1.807, 2.05) is 0 Å². The Balaban J connectivity index is 2.92. The molecule has 0 saturated heterocycles. The zero-order valence-electron chi connectivity index (χ0n) is 11.0. The number of rotatable bonds is 5. The number of hydrogen-bond donors (Lipinski definition) is 3. The second kappa shape index (κ2) is 6.67. The van der Waals surface area contributed by atoms with E-state index in [1.165, 1.54) is 38.3 Å². The summed E-state index contributed by atoms with van der Waals surface area (Å²) in [6.07, 6.45) is -1.25. The van der Waals surface area contributed by atoms with Gasteiger partial charge in [0.2, 0.25) is 0 Å². The second-order valence-corrected chi connectivity index (χ2v) is 4.10. The van der Waals surface area contributed by atoms with Gasteiger partial charge in [-0.2, -0.15) is 0 Å². The summed E-state index contributed by atoms with van der Waals surface area (Å²) in [5.74, 6) is -2.66. The van der Waals surface area contributed by atoms with E-state index in [2.05, 4.69) is 10.1 Å². The van der Waals surface area contributed by atoms with Gasteiger partial charge in [-0.05, 0) is 25.1 Å². The number of carboxylic acid groups (broad SMARTS) is 1. The average Bonchev–Trinajstić information content (AvgIpc) is 2.42. The largest absolute Gasteiger partial charge is 0.480 e. The monoisotopic (exact) mass is 281 g/mol. The fraction of sp³-hybridized carbons (Fsp3) is 0.308. The smallest absolute Gasteiger partial charge is 0.337 e. The van der Waals surface area contributed by atoms with Crippen LogP contribution in [0.15, 0.2) is 24.3 Å². The minimum atomic E-state index is -1.43. The Kier molecular flexibility index (Phi) is 5.22. The number of aliphatic hydroxyl groups is 1. The lowest BCUT2D eigenvalue weighted by Gasteiger charge is -2.17. The van der Waals surface area contributed by atoms with Crippen LogP contribution < -0.4 is 5.32 Å². The molecular weight excluding hydrogens is 266 g/mol. The van der Waals surface area contributed by atoms with Gasteiger partial charge in [0.05, 0.1) is 18.8 Å². The van der Waals surface area contributed by atoms with Gasteiger partial charge in [0.15, 0.2) is 6.04 Å². The lowest BCUT2D eigenvalue weighted by Crippen LogP contribution is -2.47. The van der Waals surface area contributed by atoms with E-state index in [-0.39, 0.29) is 11.1 Å². The van der Waals surface area contributed by atoms with Gasteiger partial charge in [0.1, 0.15) is 0 Å². The molecule has 0 aliphatic heterocycles. The van der Waals surface area contributed by atoms with E-state index in [1.54, 1.807) is 0 Å². The Morgan fingerprint density at radius 3 is 2.35 bits per heavy atom. The normalized spacial score (nSPS) is 13.2. The summed E-state index contributed by atoms with van der Waals surface area (Å²) in [5.41, 5.74) is 0.267. The number of aliphatic carboxylic acids is 1. The van der Waals surface area contributed by atoms with E-state index >= 15 is 0 Å². The Hall–Kier alpha value is -2.41. The molecule has 7 nitrogen and oxygen atoms in total. The summed E-state index contributed by atoms with van der Waals surface area (Å²) in [7, 11) is 1.21. The number of hydrogen-bond acceptors (Lipinski definition) is 5. The van der Waals surface area contributed by atoms with Gasteiger partial charge in [0, 0.05) is 5.56 Å². The highest BCUT2D eigenvalue weighted by Gasteiger charge is 2.25. The van der Waals surface area contributed by atoms with Crippen LogP contribution >= 0.6 is 0 Å². The second-order valence-electron chi connectivity index (χ2n) is 4.10. The van der Waals surface area contributed by atoms with Crippen LogP contribution in [-0.4, -0.2) is 47.3 Å². The van der Waals surface area contributed by atoms with Crippen molar-refractivity contribution in [3.8, 4) is 0 Å². The standard InChI is InChI=1S/C13H15NO6/c1-7(15)10(12(17)18)14-11(16)8-4-3-5-9(6-8)13(19)20-2/h3-7,10,15H,1-2H3,(H,14,16)(H,17,18). The van der Waals surface area contributed by atoms with Crippen LogP contribution in [0, 0.1) is 0 Å². The van der Waals surface area contributed by atoms with Crippen LogP contribution in [-0.2, 0) is 9.53 Å². The highest BCUT2D eigenvalue weighted by atomic mass is 16.5. The lowest BCUT2D eigenvalue weighted by atomic mass is 10.1. The quantitative estimate of drug-likeness (QED) is 0.657. The van der Waals surface area contributed by atoms with Crippen LogP contribution in [0.5, 0.6) is 0 Å². The number of benzene rings is 1. The SMILES string of the molecule is COC(=O)c1cccc(C(=O)NC(C(=O)O)C(C)O)c1. The van der Waals surface area contributed by atoms with Gasteiger partial charge < -0.3 is 20.3 Å². The summed E-state index contributed by atoms with van der Waals surface area (Å²) >= 11 is 0. The molecule has 0 radical (unpaired) electrons. The molecule has 20 heavy (non-hydrogen) atoms. The Labute approximate surface area is 115 Å². The molecule has 0 saturated carbocycles. The highest BCUT2D eigenvalue weighted by Crippen LogP contribution is 2.07. The van der Waals surface area contributed by atoms with Crippen LogP contribution in [0.3, 0.4) is 0 Å². The molecule has 1 aromatic rings. The maximum absolute atomic E-state index is 11.9. The van der Waals surface area contributed by atoms with Crippen molar-refractivity contribution < 1.29 is 29.3 Å². The van der Waals surface area contributed by atoms with Gasteiger partial charge in [-0.1, -0.05) is 6.07 Å². The Bertz CT molecular complexity index is 525. The number of methoxy groups -OCH3 is 1. The summed E-state index contributed by atoms with van der Waals surface area (Å²) in [6.45, 7) is 1.25. The summed E-state index contributed by atoms with van der Waals surface area (Å²) < 4.78 is 4.52. The first-order valence-electron chi connectivity index (χ1n) is 5.77. The number of amides is 1. The van der Waals surface area contributed by atoms with Crippen molar-refractivity contribution in [2.24, 2.45) is 0 Å². The fourth-order valence-corrected chi connectivity index (χ4v) is 1.52. The van der Waals surface area contributed by atoms with E-state index < -0.39 is 30.0 Å². The zero-order chi connectivity index (χ0) is 15.3. The molecule has 3 N–H and O–H groups in total. The van der Waals surface area contributed by atoms with Crippen LogP contribution in [0.4, 0.5) is 0 Å². The number of carboxylic acids is 1. The van der Waals surface area contributed by atoms with E-state index in [0.717, 1.165) is 0 Å². The molecule has 2 atom stereocenters. The molecule has 0 aliphatic carbocycles. The number of nitrogens with one attached hydrogen (secondary N) is 1. The average molecular weight is 281 g/mol. The molecule has 0 bridgehead atoms. The molecule has 7 heteroatoms. The lowest BCUT2D eigenvalue weighted by molar-refractivity contribution is -0.141. The molecule has 1 aromatic carbocycles. The first-order valence-corrected chi connectivity index (χ1v) is 5.77.